The molecule has 0 spiro atoms. The predicted molar refractivity (Wildman–Crippen MR) is 77.5 cm³/mol. The van der Waals surface area contributed by atoms with Crippen molar-refractivity contribution in [1.29, 1.82) is 0 Å². The molecule has 2 N–H and O–H groups in total. The summed E-state index contributed by atoms with van der Waals surface area (Å²) in [4.78, 5) is 0. The first-order valence-electron chi connectivity index (χ1n) is 7.32. The highest BCUT2D eigenvalue weighted by atomic mass is 15.4. The smallest absolute Gasteiger partial charge is 0.157 e. The lowest BCUT2D eigenvalue weighted by Gasteiger charge is -2.15. The largest absolute Gasteiger partial charge is 0.396 e. The zero-order valence-corrected chi connectivity index (χ0v) is 12.4. The summed E-state index contributed by atoms with van der Waals surface area (Å²) < 4.78 is 4.23. The minimum absolute atomic E-state index is 0.0605. The van der Waals surface area contributed by atoms with Crippen molar-refractivity contribution in [2.75, 3.05) is 5.73 Å². The van der Waals surface area contributed by atoms with Gasteiger partial charge in [-0.2, -0.15) is 5.10 Å². The Morgan fingerprint density at radius 3 is 2.65 bits per heavy atom. The minimum atomic E-state index is 0.0605. The molecule has 20 heavy (non-hydrogen) atoms. The molecule has 0 fully saturated rings. The molecule has 1 unspecified atom stereocenters. The molecule has 0 aromatic carbocycles. The molecule has 0 amide bonds. The Kier molecular flexibility index (Phi) is 3.23. The maximum absolute atomic E-state index is 6.03. The summed E-state index contributed by atoms with van der Waals surface area (Å²) in [6, 6.07) is 0.0605. The molecule has 6 nitrogen and oxygen atoms in total. The molecule has 3 heterocycles. The summed E-state index contributed by atoms with van der Waals surface area (Å²) in [5.41, 5.74) is 8.68. The van der Waals surface area contributed by atoms with Crippen molar-refractivity contribution in [2.24, 2.45) is 0 Å². The fraction of sp³-hybridized carbons (Fsp3) is 0.643. The zero-order chi connectivity index (χ0) is 14.3. The molecule has 108 valence electrons. The van der Waals surface area contributed by atoms with Gasteiger partial charge in [0.25, 0.3) is 0 Å². The van der Waals surface area contributed by atoms with E-state index in [4.69, 9.17) is 5.73 Å². The van der Waals surface area contributed by atoms with Gasteiger partial charge >= 0.3 is 0 Å². The van der Waals surface area contributed by atoms with E-state index in [-0.39, 0.29) is 6.04 Å². The second-order valence-electron chi connectivity index (χ2n) is 5.64. The van der Waals surface area contributed by atoms with Crippen LogP contribution in [0.25, 0.3) is 0 Å². The fourth-order valence-corrected chi connectivity index (χ4v) is 2.98. The molecule has 0 bridgehead atoms. The number of hydrogen-bond acceptors (Lipinski definition) is 4. The SMILES string of the molecule is Cc1nn(C(C)c2nnc3n2CCCCC3)c(C)c1N. The van der Waals surface area contributed by atoms with Crippen LogP contribution in [-0.4, -0.2) is 24.5 Å². The van der Waals surface area contributed by atoms with E-state index < -0.39 is 0 Å². The van der Waals surface area contributed by atoms with Crippen molar-refractivity contribution >= 4 is 5.69 Å². The molecular formula is C14H22N6. The third kappa shape index (κ3) is 1.99. The fourth-order valence-electron chi connectivity index (χ4n) is 2.98. The van der Waals surface area contributed by atoms with Crippen molar-refractivity contribution in [3.8, 4) is 0 Å². The van der Waals surface area contributed by atoms with Gasteiger partial charge in [0.05, 0.1) is 17.1 Å². The summed E-state index contributed by atoms with van der Waals surface area (Å²) in [6.07, 6.45) is 4.70. The van der Waals surface area contributed by atoms with Gasteiger partial charge in [0.1, 0.15) is 11.9 Å². The van der Waals surface area contributed by atoms with Gasteiger partial charge in [-0.3, -0.25) is 4.68 Å². The third-order valence-corrected chi connectivity index (χ3v) is 4.26. The molecule has 1 aliphatic rings. The molecule has 0 aliphatic carbocycles. The molecule has 0 radical (unpaired) electrons. The van der Waals surface area contributed by atoms with Gasteiger partial charge in [0, 0.05) is 13.0 Å². The van der Waals surface area contributed by atoms with Gasteiger partial charge in [0.15, 0.2) is 5.82 Å². The summed E-state index contributed by atoms with van der Waals surface area (Å²) in [5.74, 6) is 2.10. The highest BCUT2D eigenvalue weighted by Crippen LogP contribution is 2.25. The molecule has 1 aliphatic heterocycles. The van der Waals surface area contributed by atoms with Gasteiger partial charge in [-0.05, 0) is 33.6 Å². The van der Waals surface area contributed by atoms with Gasteiger partial charge in [0.2, 0.25) is 0 Å². The van der Waals surface area contributed by atoms with Crippen LogP contribution in [0.15, 0.2) is 0 Å². The van der Waals surface area contributed by atoms with E-state index in [0.717, 1.165) is 41.7 Å². The number of rotatable bonds is 2. The van der Waals surface area contributed by atoms with Gasteiger partial charge in [-0.25, -0.2) is 0 Å². The lowest BCUT2D eigenvalue weighted by Crippen LogP contribution is -2.17. The van der Waals surface area contributed by atoms with Crippen LogP contribution < -0.4 is 5.73 Å². The van der Waals surface area contributed by atoms with Crippen molar-refractivity contribution in [3.63, 3.8) is 0 Å². The molecule has 2 aromatic heterocycles. The van der Waals surface area contributed by atoms with Crippen LogP contribution in [-0.2, 0) is 13.0 Å². The monoisotopic (exact) mass is 274 g/mol. The van der Waals surface area contributed by atoms with Gasteiger partial charge in [-0.1, -0.05) is 6.42 Å². The Balaban J connectivity index is 2.00. The number of anilines is 1. The Morgan fingerprint density at radius 1 is 1.15 bits per heavy atom. The Hall–Kier alpha value is -1.85. The van der Waals surface area contributed by atoms with E-state index in [1.807, 2.05) is 18.5 Å². The van der Waals surface area contributed by atoms with Crippen LogP contribution in [0.4, 0.5) is 5.69 Å². The lowest BCUT2D eigenvalue weighted by molar-refractivity contribution is 0.484. The number of aryl methyl sites for hydroxylation is 2. The maximum Gasteiger partial charge on any atom is 0.157 e. The average Bonchev–Trinajstić information content (AvgIpc) is 2.84. The summed E-state index contributed by atoms with van der Waals surface area (Å²) in [7, 11) is 0. The van der Waals surface area contributed by atoms with E-state index in [1.54, 1.807) is 0 Å². The molecule has 2 aromatic rings. The molecule has 6 heteroatoms. The Bertz CT molecular complexity index is 624. The van der Waals surface area contributed by atoms with E-state index in [0.29, 0.717) is 0 Å². The first-order chi connectivity index (χ1) is 9.59. The Labute approximate surface area is 119 Å². The number of fused-ring (bicyclic) bond motifs is 1. The molecule has 1 atom stereocenters. The topological polar surface area (TPSA) is 74.5 Å². The Morgan fingerprint density at radius 2 is 1.95 bits per heavy atom. The summed E-state index contributed by atoms with van der Waals surface area (Å²) in [6.45, 7) is 7.07. The lowest BCUT2D eigenvalue weighted by atomic mass is 10.2. The quantitative estimate of drug-likeness (QED) is 0.909. The predicted octanol–water partition coefficient (Wildman–Crippen LogP) is 2.01. The van der Waals surface area contributed by atoms with Crippen LogP contribution in [0.1, 0.15) is 55.3 Å². The number of hydrogen-bond donors (Lipinski definition) is 1. The van der Waals surface area contributed by atoms with Crippen molar-refractivity contribution in [3.05, 3.63) is 23.0 Å². The van der Waals surface area contributed by atoms with Gasteiger partial charge < -0.3 is 10.3 Å². The van der Waals surface area contributed by atoms with E-state index in [2.05, 4.69) is 26.8 Å². The molecule has 0 saturated heterocycles. The van der Waals surface area contributed by atoms with Crippen LogP contribution in [0.3, 0.4) is 0 Å². The standard InChI is InChI=1S/C14H22N6/c1-9-13(15)10(2)20(18-9)11(3)14-17-16-12-7-5-4-6-8-19(12)14/h11H,4-8,15H2,1-3H3. The number of nitrogen functional groups attached to an aromatic ring is 1. The first-order valence-corrected chi connectivity index (χ1v) is 7.32. The molecule has 0 saturated carbocycles. The maximum atomic E-state index is 6.03. The van der Waals surface area contributed by atoms with Crippen LogP contribution in [0.5, 0.6) is 0 Å². The van der Waals surface area contributed by atoms with Crippen molar-refractivity contribution in [2.45, 2.75) is 59.0 Å². The van der Waals surface area contributed by atoms with Crippen LogP contribution in [0.2, 0.25) is 0 Å². The summed E-state index contributed by atoms with van der Waals surface area (Å²) >= 11 is 0. The minimum Gasteiger partial charge on any atom is -0.396 e. The zero-order valence-electron chi connectivity index (χ0n) is 12.4. The van der Waals surface area contributed by atoms with E-state index in [1.165, 1.54) is 19.3 Å². The second-order valence-corrected chi connectivity index (χ2v) is 5.64. The van der Waals surface area contributed by atoms with Crippen molar-refractivity contribution < 1.29 is 0 Å². The van der Waals surface area contributed by atoms with Crippen molar-refractivity contribution in [1.82, 2.24) is 24.5 Å². The normalized spacial score (nSPS) is 16.8. The number of aromatic nitrogens is 5. The highest BCUT2D eigenvalue weighted by molar-refractivity contribution is 5.47. The molecular weight excluding hydrogens is 252 g/mol. The first kappa shape index (κ1) is 13.1. The highest BCUT2D eigenvalue weighted by Gasteiger charge is 2.23. The number of nitrogens with zero attached hydrogens (tertiary/aromatic N) is 5. The number of nitrogens with two attached hydrogens (primary N) is 1. The second kappa shape index (κ2) is 4.92. The third-order valence-electron chi connectivity index (χ3n) is 4.26. The summed E-state index contributed by atoms with van der Waals surface area (Å²) in [5, 5.41) is 13.3. The van der Waals surface area contributed by atoms with E-state index >= 15 is 0 Å². The van der Waals surface area contributed by atoms with Gasteiger partial charge in [-0.15, -0.1) is 10.2 Å². The van der Waals surface area contributed by atoms with Crippen LogP contribution in [0, 0.1) is 13.8 Å². The van der Waals surface area contributed by atoms with E-state index in [9.17, 15) is 0 Å². The average molecular weight is 274 g/mol. The molecule has 3 rings (SSSR count). The van der Waals surface area contributed by atoms with Crippen LogP contribution >= 0.6 is 0 Å².